The molecule has 0 aliphatic rings. The van der Waals surface area contributed by atoms with Gasteiger partial charge in [-0.1, -0.05) is 37.3 Å². The molecule has 22 heavy (non-hydrogen) atoms. The topological polar surface area (TPSA) is 55.4 Å². The number of hydrogen-bond donors (Lipinski definition) is 1. The van der Waals surface area contributed by atoms with Crippen molar-refractivity contribution in [3.05, 3.63) is 59.2 Å². The molecule has 0 aromatic heterocycles. The molecule has 0 atom stereocenters. The summed E-state index contributed by atoms with van der Waals surface area (Å²) in [6, 6.07) is 12.6. The van der Waals surface area contributed by atoms with Crippen LogP contribution in [0.5, 0.6) is 5.75 Å². The molecule has 0 saturated heterocycles. The molecule has 0 radical (unpaired) electrons. The van der Waals surface area contributed by atoms with E-state index < -0.39 is 5.97 Å². The van der Waals surface area contributed by atoms with Crippen LogP contribution in [0.1, 0.15) is 35.3 Å². The minimum Gasteiger partial charge on any atom is -0.426 e. The Morgan fingerprint density at radius 3 is 2.50 bits per heavy atom. The molecular formula is C18H19NO3. The molecule has 0 heterocycles. The molecule has 2 aromatic rings. The molecule has 0 aliphatic heterocycles. The van der Waals surface area contributed by atoms with Crippen molar-refractivity contribution in [1.29, 1.82) is 0 Å². The fourth-order valence-electron chi connectivity index (χ4n) is 2.28. The summed E-state index contributed by atoms with van der Waals surface area (Å²) in [6.07, 6.45) is 0.822. The number of esters is 1. The lowest BCUT2D eigenvalue weighted by Crippen LogP contribution is -2.16. The Balaban J connectivity index is 2.33. The number of hydrogen-bond acceptors (Lipinski definition) is 3. The number of carbonyl (C=O) groups excluding carboxylic acids is 2. The third-order valence-corrected chi connectivity index (χ3v) is 3.36. The van der Waals surface area contributed by atoms with E-state index in [0.717, 1.165) is 23.2 Å². The highest BCUT2D eigenvalue weighted by Crippen LogP contribution is 2.24. The summed E-state index contributed by atoms with van der Waals surface area (Å²) in [5, 5.41) is 2.93. The normalized spacial score (nSPS) is 10.1. The first-order chi connectivity index (χ1) is 10.5. The molecule has 0 spiro atoms. The highest BCUT2D eigenvalue weighted by atomic mass is 16.5. The van der Waals surface area contributed by atoms with Crippen molar-refractivity contribution < 1.29 is 14.3 Å². The molecule has 4 heteroatoms. The van der Waals surface area contributed by atoms with Gasteiger partial charge in [0.15, 0.2) is 0 Å². The van der Waals surface area contributed by atoms with Crippen LogP contribution in [0.4, 0.5) is 5.69 Å². The van der Waals surface area contributed by atoms with Crippen molar-refractivity contribution in [3.63, 3.8) is 0 Å². The summed E-state index contributed by atoms with van der Waals surface area (Å²) in [5.41, 5.74) is 3.21. The van der Waals surface area contributed by atoms with E-state index in [-0.39, 0.29) is 11.7 Å². The van der Waals surface area contributed by atoms with Gasteiger partial charge in [-0.25, -0.2) is 0 Å². The second-order valence-corrected chi connectivity index (χ2v) is 5.01. The van der Waals surface area contributed by atoms with Gasteiger partial charge in [-0.15, -0.1) is 0 Å². The number of benzene rings is 2. The largest absolute Gasteiger partial charge is 0.426 e. The Bertz CT molecular complexity index is 707. The molecule has 1 N–H and O–H groups in total. The zero-order valence-electron chi connectivity index (χ0n) is 13.0. The van der Waals surface area contributed by atoms with Gasteiger partial charge in [0.2, 0.25) is 0 Å². The van der Waals surface area contributed by atoms with Crippen molar-refractivity contribution in [2.24, 2.45) is 0 Å². The fourth-order valence-corrected chi connectivity index (χ4v) is 2.28. The van der Waals surface area contributed by atoms with Gasteiger partial charge in [0, 0.05) is 12.6 Å². The third-order valence-electron chi connectivity index (χ3n) is 3.36. The SMILES string of the molecule is CCc1cccc(C)c1NC(=O)c1ccccc1OC(C)=O. The maximum atomic E-state index is 12.5. The summed E-state index contributed by atoms with van der Waals surface area (Å²) in [7, 11) is 0. The predicted molar refractivity (Wildman–Crippen MR) is 86.3 cm³/mol. The first-order valence-electron chi connectivity index (χ1n) is 7.20. The smallest absolute Gasteiger partial charge is 0.308 e. The minimum atomic E-state index is -0.453. The number of carbonyl (C=O) groups is 2. The van der Waals surface area contributed by atoms with Crippen molar-refractivity contribution >= 4 is 17.6 Å². The van der Waals surface area contributed by atoms with Crippen LogP contribution >= 0.6 is 0 Å². The van der Waals surface area contributed by atoms with Crippen LogP contribution in [-0.4, -0.2) is 11.9 Å². The molecule has 1 amide bonds. The molecule has 0 aliphatic carbocycles. The first kappa shape index (κ1) is 15.8. The van der Waals surface area contributed by atoms with Crippen molar-refractivity contribution in [1.82, 2.24) is 0 Å². The maximum absolute atomic E-state index is 12.5. The molecule has 2 aromatic carbocycles. The molecule has 0 unspecified atom stereocenters. The van der Waals surface area contributed by atoms with E-state index in [1.807, 2.05) is 32.0 Å². The van der Waals surface area contributed by atoms with Crippen molar-refractivity contribution in [2.45, 2.75) is 27.2 Å². The second kappa shape index (κ2) is 6.89. The Morgan fingerprint density at radius 2 is 1.82 bits per heavy atom. The van der Waals surface area contributed by atoms with Crippen LogP contribution in [0, 0.1) is 6.92 Å². The van der Waals surface area contributed by atoms with Gasteiger partial charge in [0.1, 0.15) is 5.75 Å². The van der Waals surface area contributed by atoms with Crippen LogP contribution in [0.25, 0.3) is 0 Å². The van der Waals surface area contributed by atoms with Gasteiger partial charge in [-0.3, -0.25) is 9.59 Å². The molecular weight excluding hydrogens is 278 g/mol. The lowest BCUT2D eigenvalue weighted by atomic mass is 10.1. The zero-order chi connectivity index (χ0) is 16.1. The van der Waals surface area contributed by atoms with E-state index in [4.69, 9.17) is 4.74 Å². The number of para-hydroxylation sites is 2. The van der Waals surface area contributed by atoms with Gasteiger partial charge < -0.3 is 10.1 Å². The van der Waals surface area contributed by atoms with Crippen molar-refractivity contribution in [3.8, 4) is 5.75 Å². The van der Waals surface area contributed by atoms with Crippen LogP contribution < -0.4 is 10.1 Å². The van der Waals surface area contributed by atoms with E-state index in [0.29, 0.717) is 5.56 Å². The molecule has 0 fully saturated rings. The van der Waals surface area contributed by atoms with E-state index in [2.05, 4.69) is 5.32 Å². The minimum absolute atomic E-state index is 0.263. The van der Waals surface area contributed by atoms with E-state index >= 15 is 0 Å². The monoisotopic (exact) mass is 297 g/mol. The van der Waals surface area contributed by atoms with Crippen LogP contribution in [-0.2, 0) is 11.2 Å². The summed E-state index contributed by atoms with van der Waals surface area (Å²) in [5.74, 6) is -0.481. The third kappa shape index (κ3) is 3.52. The summed E-state index contributed by atoms with van der Waals surface area (Å²) < 4.78 is 5.09. The maximum Gasteiger partial charge on any atom is 0.308 e. The lowest BCUT2D eigenvalue weighted by Gasteiger charge is -2.14. The number of ether oxygens (including phenoxy) is 1. The second-order valence-electron chi connectivity index (χ2n) is 5.01. The Labute approximate surface area is 130 Å². The standard InChI is InChI=1S/C18H19NO3/c1-4-14-9-7-8-12(2)17(14)19-18(21)15-10-5-6-11-16(15)22-13(3)20/h5-11H,4H2,1-3H3,(H,19,21). The quantitative estimate of drug-likeness (QED) is 0.691. The van der Waals surface area contributed by atoms with Crippen LogP contribution in [0.15, 0.2) is 42.5 Å². The van der Waals surface area contributed by atoms with Gasteiger partial charge in [0.05, 0.1) is 5.56 Å². The highest BCUT2D eigenvalue weighted by Gasteiger charge is 2.15. The zero-order valence-corrected chi connectivity index (χ0v) is 13.0. The average molecular weight is 297 g/mol. The molecule has 114 valence electrons. The number of nitrogens with one attached hydrogen (secondary N) is 1. The van der Waals surface area contributed by atoms with Gasteiger partial charge in [0.25, 0.3) is 5.91 Å². The Morgan fingerprint density at radius 1 is 1.09 bits per heavy atom. The van der Waals surface area contributed by atoms with Gasteiger partial charge in [-0.05, 0) is 36.6 Å². The summed E-state index contributed by atoms with van der Waals surface area (Å²) in [6.45, 7) is 5.30. The molecule has 0 saturated carbocycles. The molecule has 0 bridgehead atoms. The van der Waals surface area contributed by atoms with Gasteiger partial charge >= 0.3 is 5.97 Å². The van der Waals surface area contributed by atoms with Crippen LogP contribution in [0.2, 0.25) is 0 Å². The molecule has 2 rings (SSSR count). The Kier molecular flexibility index (Phi) is 4.94. The molecule has 4 nitrogen and oxygen atoms in total. The summed E-state index contributed by atoms with van der Waals surface area (Å²) >= 11 is 0. The predicted octanol–water partition coefficient (Wildman–Crippen LogP) is 3.74. The highest BCUT2D eigenvalue weighted by molar-refractivity contribution is 6.07. The average Bonchev–Trinajstić information content (AvgIpc) is 2.49. The Hall–Kier alpha value is -2.62. The number of anilines is 1. The van der Waals surface area contributed by atoms with E-state index in [9.17, 15) is 9.59 Å². The number of aryl methyl sites for hydroxylation is 2. The number of amides is 1. The fraction of sp³-hybridized carbons (Fsp3) is 0.222. The van der Waals surface area contributed by atoms with Crippen LogP contribution in [0.3, 0.4) is 0 Å². The van der Waals surface area contributed by atoms with E-state index in [1.165, 1.54) is 6.92 Å². The lowest BCUT2D eigenvalue weighted by molar-refractivity contribution is -0.131. The summed E-state index contributed by atoms with van der Waals surface area (Å²) in [4.78, 5) is 23.7. The first-order valence-corrected chi connectivity index (χ1v) is 7.20. The van der Waals surface area contributed by atoms with Crippen molar-refractivity contribution in [2.75, 3.05) is 5.32 Å². The van der Waals surface area contributed by atoms with Gasteiger partial charge in [-0.2, -0.15) is 0 Å². The number of rotatable bonds is 4. The van der Waals surface area contributed by atoms with E-state index in [1.54, 1.807) is 24.3 Å².